The van der Waals surface area contributed by atoms with Crippen LogP contribution >= 0.6 is 18.3 Å². The van der Waals surface area contributed by atoms with E-state index >= 15 is 0 Å². The average Bonchev–Trinajstić information content (AvgIpc) is 1.14. The molecular formula is C2H4ClF3O2P+. The molecule has 0 unspecified atom stereocenters. The Hall–Kier alpha value is 0.430. The van der Waals surface area contributed by atoms with E-state index in [0.29, 0.717) is 0 Å². The van der Waals surface area contributed by atoms with E-state index in [0.717, 1.165) is 0 Å². The van der Waals surface area contributed by atoms with Crippen molar-refractivity contribution in [1.29, 1.82) is 0 Å². The van der Waals surface area contributed by atoms with Crippen molar-refractivity contribution in [1.82, 2.24) is 0 Å². The Morgan fingerprint density at radius 3 is 1.67 bits per heavy atom. The lowest BCUT2D eigenvalue weighted by Gasteiger charge is -2.04. The van der Waals surface area contributed by atoms with Gasteiger partial charge in [0.15, 0.2) is 11.2 Å². The first-order chi connectivity index (χ1) is 3.71. The fourth-order valence-electron chi connectivity index (χ4n) is 0.228. The number of alkyl halides is 3. The molecule has 0 aliphatic rings. The van der Waals surface area contributed by atoms with E-state index in [-0.39, 0.29) is 0 Å². The lowest BCUT2D eigenvalue weighted by molar-refractivity contribution is -0.108. The Morgan fingerprint density at radius 2 is 1.67 bits per heavy atom. The normalized spacial score (nSPS) is 14.0. The topological polar surface area (TPSA) is 40.5 Å². The van der Waals surface area contributed by atoms with Crippen LogP contribution in [0.4, 0.5) is 13.2 Å². The molecule has 0 aromatic rings. The second-order valence-electron chi connectivity index (χ2n) is 1.42. The van der Waals surface area contributed by atoms with Crippen molar-refractivity contribution in [2.45, 2.75) is 6.18 Å². The van der Waals surface area contributed by atoms with Gasteiger partial charge in [-0.1, -0.05) is 0 Å². The molecule has 0 aromatic carbocycles. The SMILES string of the molecule is O[P+](O)(Cl)CC(F)(F)F. The van der Waals surface area contributed by atoms with Gasteiger partial charge in [0.25, 0.3) is 0 Å². The van der Waals surface area contributed by atoms with Crippen molar-refractivity contribution >= 4 is 18.3 Å². The van der Waals surface area contributed by atoms with Gasteiger partial charge in [0.2, 0.25) is 6.16 Å². The van der Waals surface area contributed by atoms with Crippen molar-refractivity contribution < 1.29 is 23.0 Å². The Labute approximate surface area is 54.5 Å². The van der Waals surface area contributed by atoms with E-state index in [1.165, 1.54) is 0 Å². The number of halogens is 4. The van der Waals surface area contributed by atoms with Gasteiger partial charge in [0.05, 0.1) is 0 Å². The minimum Gasteiger partial charge on any atom is -0.203 e. The second-order valence-corrected chi connectivity index (χ2v) is 4.64. The summed E-state index contributed by atoms with van der Waals surface area (Å²) in [6.45, 7) is 0. The Kier molecular flexibility index (Phi) is 2.70. The minimum atomic E-state index is -4.60. The van der Waals surface area contributed by atoms with Crippen LogP contribution in [-0.4, -0.2) is 22.1 Å². The highest BCUT2D eigenvalue weighted by atomic mass is 35.7. The number of hydrogen-bond donors (Lipinski definition) is 2. The van der Waals surface area contributed by atoms with Crippen LogP contribution in [0, 0.1) is 0 Å². The summed E-state index contributed by atoms with van der Waals surface area (Å²) < 4.78 is 33.5. The molecule has 0 aliphatic heterocycles. The van der Waals surface area contributed by atoms with Gasteiger partial charge in [0.1, 0.15) is 0 Å². The zero-order valence-electron chi connectivity index (χ0n) is 4.06. The molecule has 0 spiro atoms. The van der Waals surface area contributed by atoms with Gasteiger partial charge >= 0.3 is 13.2 Å². The van der Waals surface area contributed by atoms with Gasteiger partial charge in [-0.05, 0) is 0 Å². The molecule has 0 amide bonds. The van der Waals surface area contributed by atoms with Gasteiger partial charge < -0.3 is 0 Å². The second kappa shape index (κ2) is 2.58. The smallest absolute Gasteiger partial charge is 0.203 e. The Balaban J connectivity index is 3.75. The zero-order valence-corrected chi connectivity index (χ0v) is 5.71. The van der Waals surface area contributed by atoms with Crippen molar-refractivity contribution in [3.8, 4) is 0 Å². The molecule has 9 heavy (non-hydrogen) atoms. The summed E-state index contributed by atoms with van der Waals surface area (Å²) >= 11 is 4.52. The zero-order chi connectivity index (χ0) is 7.71. The van der Waals surface area contributed by atoms with Crippen molar-refractivity contribution in [3.63, 3.8) is 0 Å². The summed E-state index contributed by atoms with van der Waals surface area (Å²) in [7, 11) is -4.19. The van der Waals surface area contributed by atoms with E-state index < -0.39 is 19.4 Å². The summed E-state index contributed by atoms with van der Waals surface area (Å²) in [6.07, 6.45) is -6.32. The van der Waals surface area contributed by atoms with Gasteiger partial charge in [0, 0.05) is 0 Å². The monoisotopic (exact) mass is 183 g/mol. The van der Waals surface area contributed by atoms with E-state index in [4.69, 9.17) is 9.79 Å². The highest BCUT2D eigenvalue weighted by Crippen LogP contribution is 2.58. The first kappa shape index (κ1) is 9.43. The lowest BCUT2D eigenvalue weighted by Crippen LogP contribution is -2.14. The molecule has 2 nitrogen and oxygen atoms in total. The standard InChI is InChI=1S/C2H4ClF3O2P/c3-9(7,8)1-2(4,5)6/h7-8H,1H2/q+1. The predicted octanol–water partition coefficient (Wildman–Crippen LogP) is 1.53. The van der Waals surface area contributed by atoms with Gasteiger partial charge in [-0.15, -0.1) is 0 Å². The predicted molar refractivity (Wildman–Crippen MR) is 28.1 cm³/mol. The molecule has 0 radical (unpaired) electrons. The molecule has 0 saturated carbocycles. The molecule has 56 valence electrons. The molecule has 0 fully saturated rings. The molecule has 2 N–H and O–H groups in total. The molecule has 0 aromatic heterocycles. The van der Waals surface area contributed by atoms with E-state index in [1.54, 1.807) is 0 Å². The Morgan fingerprint density at radius 1 is 1.33 bits per heavy atom. The third-order valence-corrected chi connectivity index (χ3v) is 1.50. The quantitative estimate of drug-likeness (QED) is 0.606. The van der Waals surface area contributed by atoms with Crippen molar-refractivity contribution in [3.05, 3.63) is 0 Å². The molecule has 0 bridgehead atoms. The van der Waals surface area contributed by atoms with Crippen molar-refractivity contribution in [2.75, 3.05) is 6.16 Å². The molecule has 0 aliphatic carbocycles. The van der Waals surface area contributed by atoms with E-state index in [2.05, 4.69) is 11.2 Å². The fourth-order valence-corrected chi connectivity index (χ4v) is 1.09. The first-order valence-corrected chi connectivity index (χ1v) is 4.59. The largest absolute Gasteiger partial charge is 0.428 e. The maximum absolute atomic E-state index is 11.2. The maximum Gasteiger partial charge on any atom is 0.428 e. The molecule has 0 heterocycles. The fraction of sp³-hybridized carbons (Fsp3) is 1.00. The van der Waals surface area contributed by atoms with E-state index in [1.807, 2.05) is 0 Å². The first-order valence-electron chi connectivity index (χ1n) is 1.81. The van der Waals surface area contributed by atoms with Crippen LogP contribution in [0.15, 0.2) is 0 Å². The van der Waals surface area contributed by atoms with Crippen LogP contribution in [0.3, 0.4) is 0 Å². The van der Waals surface area contributed by atoms with Crippen LogP contribution < -0.4 is 0 Å². The summed E-state index contributed by atoms with van der Waals surface area (Å²) in [5.41, 5.74) is 0. The van der Waals surface area contributed by atoms with Gasteiger partial charge in [-0.25, -0.2) is 9.79 Å². The van der Waals surface area contributed by atoms with Gasteiger partial charge in [-0.2, -0.15) is 13.2 Å². The Bertz CT molecular complexity index is 85.0. The van der Waals surface area contributed by atoms with Gasteiger partial charge in [-0.3, -0.25) is 0 Å². The number of rotatable bonds is 1. The van der Waals surface area contributed by atoms with Crippen LogP contribution in [0.2, 0.25) is 0 Å². The van der Waals surface area contributed by atoms with E-state index in [9.17, 15) is 13.2 Å². The summed E-state index contributed by atoms with van der Waals surface area (Å²) in [4.78, 5) is 16.1. The average molecular weight is 183 g/mol. The minimum absolute atomic E-state index is 1.72. The highest BCUT2D eigenvalue weighted by Gasteiger charge is 2.46. The summed E-state index contributed by atoms with van der Waals surface area (Å²) in [6, 6.07) is 0. The summed E-state index contributed by atoms with van der Waals surface area (Å²) in [5.74, 6) is 0. The number of hydrogen-bond acceptors (Lipinski definition) is 2. The highest BCUT2D eigenvalue weighted by molar-refractivity contribution is 7.90. The third kappa shape index (κ3) is 8.43. The molecule has 0 rings (SSSR count). The van der Waals surface area contributed by atoms with Crippen LogP contribution in [0.25, 0.3) is 0 Å². The van der Waals surface area contributed by atoms with Crippen LogP contribution in [-0.2, 0) is 0 Å². The van der Waals surface area contributed by atoms with Crippen molar-refractivity contribution in [2.24, 2.45) is 0 Å². The van der Waals surface area contributed by atoms with Crippen LogP contribution in [0.1, 0.15) is 0 Å². The molecule has 0 saturated heterocycles. The molecule has 0 atom stereocenters. The molecule has 7 heteroatoms. The maximum atomic E-state index is 11.2. The lowest BCUT2D eigenvalue weighted by atomic mass is 10.8. The summed E-state index contributed by atoms with van der Waals surface area (Å²) in [5, 5.41) is 0. The van der Waals surface area contributed by atoms with Crippen LogP contribution in [0.5, 0.6) is 0 Å². The third-order valence-electron chi connectivity index (χ3n) is 0.380. The molecular weight excluding hydrogens is 179 g/mol.